The molecule has 1 atom stereocenters. The fraction of sp³-hybridized carbons (Fsp3) is 0.417. The van der Waals surface area contributed by atoms with Gasteiger partial charge in [-0.05, 0) is 74.4 Å². The number of fused-ring (bicyclic) bond motifs is 2. The Morgan fingerprint density at radius 1 is 1.14 bits per heavy atom. The van der Waals surface area contributed by atoms with Crippen LogP contribution in [-0.2, 0) is 6.42 Å². The Bertz CT molecular complexity index is 1040. The van der Waals surface area contributed by atoms with E-state index in [1.54, 1.807) is 12.5 Å². The molecule has 0 radical (unpaired) electrons. The van der Waals surface area contributed by atoms with Gasteiger partial charge in [0.2, 0.25) is 0 Å². The van der Waals surface area contributed by atoms with Crippen LogP contribution in [0.1, 0.15) is 54.9 Å². The molecular weight excluding hydrogens is 360 g/mol. The van der Waals surface area contributed by atoms with Crippen molar-refractivity contribution >= 4 is 22.8 Å². The van der Waals surface area contributed by atoms with Gasteiger partial charge in [-0.25, -0.2) is 4.98 Å². The molecule has 2 aliphatic rings. The van der Waals surface area contributed by atoms with Gasteiger partial charge in [0.1, 0.15) is 0 Å². The minimum absolute atomic E-state index is 0.0757. The molecule has 0 bridgehead atoms. The topological polar surface area (TPSA) is 40.9 Å². The summed E-state index contributed by atoms with van der Waals surface area (Å²) >= 11 is 0. The lowest BCUT2D eigenvalue weighted by atomic mass is 9.96. The number of hydrogen-bond donors (Lipinski definition) is 0. The normalized spacial score (nSPS) is 19.4. The number of rotatable bonds is 3. The number of imidazole rings is 1. The quantitative estimate of drug-likeness (QED) is 0.653. The maximum Gasteiger partial charge on any atom is 0.258 e. The van der Waals surface area contributed by atoms with Crippen molar-refractivity contribution < 1.29 is 4.79 Å². The van der Waals surface area contributed by atoms with Crippen molar-refractivity contribution in [3.05, 3.63) is 60.2 Å². The molecule has 5 nitrogen and oxygen atoms in total. The third kappa shape index (κ3) is 3.28. The maximum absolute atomic E-state index is 13.3. The first-order valence-electron chi connectivity index (χ1n) is 10.9. The average Bonchev–Trinajstić information content (AvgIpc) is 3.25. The predicted octanol–water partition coefficient (Wildman–Crippen LogP) is 4.70. The van der Waals surface area contributed by atoms with Crippen LogP contribution in [0.15, 0.2) is 49.1 Å². The number of carbonyl (C=O) groups is 1. The molecule has 150 valence electrons. The molecule has 0 saturated carbocycles. The molecule has 2 aromatic heterocycles. The van der Waals surface area contributed by atoms with Crippen molar-refractivity contribution in [3.63, 3.8) is 0 Å². The summed E-state index contributed by atoms with van der Waals surface area (Å²) in [7, 11) is 0. The summed E-state index contributed by atoms with van der Waals surface area (Å²) in [5.74, 6) is 0.0757. The molecule has 1 saturated heterocycles. The van der Waals surface area contributed by atoms with E-state index in [4.69, 9.17) is 0 Å². The van der Waals surface area contributed by atoms with Crippen molar-refractivity contribution in [3.8, 4) is 0 Å². The van der Waals surface area contributed by atoms with E-state index >= 15 is 0 Å². The van der Waals surface area contributed by atoms with Crippen LogP contribution in [0.2, 0.25) is 0 Å². The molecule has 5 rings (SSSR count). The largest absolute Gasteiger partial charge is 0.369 e. The monoisotopic (exact) mass is 388 g/mol. The van der Waals surface area contributed by atoms with E-state index in [0.717, 1.165) is 42.7 Å². The first-order chi connectivity index (χ1) is 14.2. The Labute approximate surface area is 172 Å². The van der Waals surface area contributed by atoms with Gasteiger partial charge in [-0.15, -0.1) is 0 Å². The molecule has 1 fully saturated rings. The molecule has 2 aliphatic heterocycles. The first-order valence-corrected chi connectivity index (χ1v) is 10.9. The summed E-state index contributed by atoms with van der Waals surface area (Å²) < 4.78 is 1.93. The van der Waals surface area contributed by atoms with E-state index in [0.29, 0.717) is 6.04 Å². The van der Waals surface area contributed by atoms with Crippen molar-refractivity contribution in [2.75, 3.05) is 22.9 Å². The van der Waals surface area contributed by atoms with Crippen molar-refractivity contribution in [2.45, 2.75) is 51.5 Å². The molecule has 1 aromatic carbocycles. The zero-order valence-electron chi connectivity index (χ0n) is 17.1. The highest BCUT2D eigenvalue weighted by Gasteiger charge is 2.26. The number of pyridine rings is 1. The van der Waals surface area contributed by atoms with Gasteiger partial charge in [-0.3, -0.25) is 4.79 Å². The van der Waals surface area contributed by atoms with Gasteiger partial charge < -0.3 is 14.2 Å². The highest BCUT2D eigenvalue weighted by molar-refractivity contribution is 6.07. The molecule has 1 amide bonds. The third-order valence-electron chi connectivity index (χ3n) is 6.52. The number of anilines is 2. The van der Waals surface area contributed by atoms with Crippen LogP contribution in [-0.4, -0.2) is 34.4 Å². The summed E-state index contributed by atoms with van der Waals surface area (Å²) in [6.45, 7) is 4.21. The van der Waals surface area contributed by atoms with E-state index in [-0.39, 0.29) is 5.91 Å². The number of aryl methyl sites for hydroxylation is 1. The number of amides is 1. The van der Waals surface area contributed by atoms with E-state index < -0.39 is 0 Å². The van der Waals surface area contributed by atoms with Crippen LogP contribution in [0.4, 0.5) is 11.4 Å². The van der Waals surface area contributed by atoms with Crippen LogP contribution in [0.3, 0.4) is 0 Å². The lowest BCUT2D eigenvalue weighted by Crippen LogP contribution is -2.39. The highest BCUT2D eigenvalue weighted by Crippen LogP contribution is 2.34. The standard InChI is InChI=1S/C24H28N4O/c1-2-20-7-3-4-11-27(20)21-8-9-23-18(14-21)6-5-12-28(23)24(29)19-10-13-26-17-25-16-22(26)15-19/h8-10,13-17,20H,2-7,11-12H2,1H3/t20-/m1/s1. The summed E-state index contributed by atoms with van der Waals surface area (Å²) in [6, 6.07) is 11.2. The van der Waals surface area contributed by atoms with Gasteiger partial charge in [-0.1, -0.05) is 6.92 Å². The van der Waals surface area contributed by atoms with Crippen molar-refractivity contribution in [2.24, 2.45) is 0 Å². The van der Waals surface area contributed by atoms with Crippen LogP contribution < -0.4 is 9.80 Å². The number of hydrogen-bond acceptors (Lipinski definition) is 3. The number of aromatic nitrogens is 2. The van der Waals surface area contributed by atoms with Crippen LogP contribution >= 0.6 is 0 Å². The average molecular weight is 389 g/mol. The minimum atomic E-state index is 0.0757. The smallest absolute Gasteiger partial charge is 0.258 e. The van der Waals surface area contributed by atoms with Crippen LogP contribution in [0.5, 0.6) is 0 Å². The number of piperidine rings is 1. The van der Waals surface area contributed by atoms with E-state index in [2.05, 4.69) is 35.0 Å². The molecular formula is C24H28N4O. The molecule has 3 aromatic rings. The van der Waals surface area contributed by atoms with Crippen LogP contribution in [0.25, 0.3) is 5.52 Å². The molecule has 4 heterocycles. The molecule has 0 unspecified atom stereocenters. The second-order valence-corrected chi connectivity index (χ2v) is 8.27. The van der Waals surface area contributed by atoms with Crippen LogP contribution in [0, 0.1) is 0 Å². The van der Waals surface area contributed by atoms with Gasteiger partial charge in [-0.2, -0.15) is 0 Å². The lowest BCUT2D eigenvalue weighted by molar-refractivity contribution is 0.0985. The van der Waals surface area contributed by atoms with Gasteiger partial charge in [0.15, 0.2) is 0 Å². The summed E-state index contributed by atoms with van der Waals surface area (Å²) in [4.78, 5) is 22.0. The first kappa shape index (κ1) is 18.2. The Morgan fingerprint density at radius 2 is 2.07 bits per heavy atom. The highest BCUT2D eigenvalue weighted by atomic mass is 16.2. The second kappa shape index (κ2) is 7.54. The Kier molecular flexibility index (Phi) is 4.74. The number of carbonyl (C=O) groups excluding carboxylic acids is 1. The zero-order chi connectivity index (χ0) is 19.8. The Balaban J connectivity index is 1.45. The van der Waals surface area contributed by atoms with E-state index in [1.807, 2.05) is 27.6 Å². The number of nitrogens with zero attached hydrogens (tertiary/aromatic N) is 4. The SMILES string of the molecule is CC[C@@H]1CCCCN1c1ccc2c(c1)CCCN2C(=O)c1ccn2cncc2c1. The third-order valence-corrected chi connectivity index (χ3v) is 6.52. The van der Waals surface area contributed by atoms with Gasteiger partial charge in [0, 0.05) is 42.3 Å². The summed E-state index contributed by atoms with van der Waals surface area (Å²) in [5.41, 5.74) is 5.36. The fourth-order valence-corrected chi connectivity index (χ4v) is 4.95. The van der Waals surface area contributed by atoms with Crippen molar-refractivity contribution in [1.82, 2.24) is 9.38 Å². The summed E-state index contributed by atoms with van der Waals surface area (Å²) in [6.07, 6.45) is 12.6. The lowest BCUT2D eigenvalue weighted by Gasteiger charge is -2.38. The molecule has 5 heteroatoms. The molecule has 0 spiro atoms. The van der Waals surface area contributed by atoms with Gasteiger partial charge >= 0.3 is 0 Å². The van der Waals surface area contributed by atoms with Crippen molar-refractivity contribution in [1.29, 1.82) is 0 Å². The fourth-order valence-electron chi connectivity index (χ4n) is 4.95. The second-order valence-electron chi connectivity index (χ2n) is 8.27. The van der Waals surface area contributed by atoms with E-state index in [9.17, 15) is 4.79 Å². The zero-order valence-corrected chi connectivity index (χ0v) is 17.1. The van der Waals surface area contributed by atoms with E-state index in [1.165, 1.54) is 36.9 Å². The molecule has 29 heavy (non-hydrogen) atoms. The minimum Gasteiger partial charge on any atom is -0.369 e. The van der Waals surface area contributed by atoms with Gasteiger partial charge in [0.05, 0.1) is 18.0 Å². The summed E-state index contributed by atoms with van der Waals surface area (Å²) in [5, 5.41) is 0. The Hall–Kier alpha value is -2.82. The number of benzene rings is 1. The maximum atomic E-state index is 13.3. The molecule has 0 aliphatic carbocycles. The Morgan fingerprint density at radius 3 is 2.97 bits per heavy atom. The van der Waals surface area contributed by atoms with Gasteiger partial charge in [0.25, 0.3) is 5.91 Å². The molecule has 0 N–H and O–H groups in total. The predicted molar refractivity (Wildman–Crippen MR) is 117 cm³/mol.